The van der Waals surface area contributed by atoms with Gasteiger partial charge in [-0.05, 0) is 43.7 Å². The number of nitrogens with one attached hydrogen (secondary N) is 2. The minimum atomic E-state index is -0.451. The van der Waals surface area contributed by atoms with Crippen molar-refractivity contribution in [1.82, 2.24) is 5.32 Å². The van der Waals surface area contributed by atoms with Crippen molar-refractivity contribution in [3.05, 3.63) is 35.4 Å². The molecule has 1 saturated carbocycles. The Bertz CT molecular complexity index is 618. The summed E-state index contributed by atoms with van der Waals surface area (Å²) in [6, 6.07) is 7.69. The average Bonchev–Trinajstić information content (AvgIpc) is 2.69. The minimum absolute atomic E-state index is 0.213. The second-order valence-corrected chi connectivity index (χ2v) is 7.84. The summed E-state index contributed by atoms with van der Waals surface area (Å²) in [6.07, 6.45) is 4.30. The average molecular weight is 375 g/mol. The van der Waals surface area contributed by atoms with Crippen LogP contribution in [0.1, 0.15) is 48.5 Å². The van der Waals surface area contributed by atoms with Crippen molar-refractivity contribution < 1.29 is 24.0 Å². The highest BCUT2D eigenvalue weighted by Crippen LogP contribution is 2.23. The van der Waals surface area contributed by atoms with Crippen LogP contribution in [0.4, 0.5) is 0 Å². The lowest BCUT2D eigenvalue weighted by atomic mass is 9.87. The van der Waals surface area contributed by atoms with Gasteiger partial charge in [-0.15, -0.1) is 0 Å². The van der Waals surface area contributed by atoms with Crippen LogP contribution in [0, 0.1) is 5.92 Å². The highest BCUT2D eigenvalue weighted by molar-refractivity contribution is 5.91. The molecule has 1 heterocycles. The molecule has 6 heteroatoms. The Balaban J connectivity index is 1.40. The molecule has 6 nitrogen and oxygen atoms in total. The number of hydrogen-bond donors (Lipinski definition) is 2. The fourth-order valence-electron chi connectivity index (χ4n) is 3.77. The predicted octanol–water partition coefficient (Wildman–Crippen LogP) is 0.953. The van der Waals surface area contributed by atoms with Crippen LogP contribution in [-0.4, -0.2) is 50.8 Å². The van der Waals surface area contributed by atoms with E-state index in [2.05, 4.69) is 12.2 Å². The lowest BCUT2D eigenvalue weighted by Gasteiger charge is -2.26. The number of morpholine rings is 1. The summed E-state index contributed by atoms with van der Waals surface area (Å²) < 4.78 is 10.5. The van der Waals surface area contributed by atoms with Gasteiger partial charge in [0.25, 0.3) is 5.91 Å². The van der Waals surface area contributed by atoms with Crippen molar-refractivity contribution in [2.24, 2.45) is 5.92 Å². The van der Waals surface area contributed by atoms with Crippen molar-refractivity contribution in [2.75, 3.05) is 32.9 Å². The highest BCUT2D eigenvalue weighted by Gasteiger charge is 2.20. The zero-order valence-corrected chi connectivity index (χ0v) is 16.2. The van der Waals surface area contributed by atoms with Crippen LogP contribution in [0.3, 0.4) is 0 Å². The first-order chi connectivity index (χ1) is 13.1. The zero-order valence-electron chi connectivity index (χ0n) is 16.2. The maximum absolute atomic E-state index is 12.2. The standard InChI is InChI=1S/C21H30N2O4/c1-16-2-8-19(9-3-16)22-20(24)15-27-21(25)18-6-4-17(5-7-18)14-23-10-12-26-13-11-23/h4-7,16,19H,2-3,8-15H2,1H3,(H,22,24)/p+1. The van der Waals surface area contributed by atoms with E-state index in [4.69, 9.17) is 9.47 Å². The second kappa shape index (κ2) is 9.85. The van der Waals surface area contributed by atoms with Gasteiger partial charge in [-0.25, -0.2) is 4.79 Å². The van der Waals surface area contributed by atoms with Crippen LogP contribution in [0.15, 0.2) is 24.3 Å². The van der Waals surface area contributed by atoms with Gasteiger partial charge in [-0.1, -0.05) is 19.1 Å². The summed E-state index contributed by atoms with van der Waals surface area (Å²) >= 11 is 0. The van der Waals surface area contributed by atoms with Crippen molar-refractivity contribution >= 4 is 11.9 Å². The summed E-state index contributed by atoms with van der Waals surface area (Å²) in [6.45, 7) is 6.60. The zero-order chi connectivity index (χ0) is 19.1. The van der Waals surface area contributed by atoms with E-state index in [0.717, 1.165) is 64.4 Å². The number of carbonyl (C=O) groups excluding carboxylic acids is 2. The molecule has 1 aliphatic heterocycles. The molecule has 0 atom stereocenters. The van der Waals surface area contributed by atoms with Gasteiger partial charge in [-0.3, -0.25) is 4.79 Å². The van der Waals surface area contributed by atoms with Gasteiger partial charge in [0.2, 0.25) is 0 Å². The maximum atomic E-state index is 12.2. The molecule has 0 spiro atoms. The fraction of sp³-hybridized carbons (Fsp3) is 0.619. The molecule has 0 aromatic heterocycles. The maximum Gasteiger partial charge on any atom is 0.338 e. The van der Waals surface area contributed by atoms with Crippen molar-refractivity contribution in [3.8, 4) is 0 Å². The third kappa shape index (κ3) is 6.33. The summed E-state index contributed by atoms with van der Waals surface area (Å²) in [4.78, 5) is 25.7. The van der Waals surface area contributed by atoms with Gasteiger partial charge < -0.3 is 19.7 Å². The van der Waals surface area contributed by atoms with Crippen LogP contribution in [0.2, 0.25) is 0 Å². The number of rotatable bonds is 6. The number of amides is 1. The Morgan fingerprint density at radius 2 is 1.78 bits per heavy atom. The van der Waals surface area contributed by atoms with E-state index in [1.807, 2.05) is 12.1 Å². The predicted molar refractivity (Wildman–Crippen MR) is 102 cm³/mol. The molecule has 148 valence electrons. The second-order valence-electron chi connectivity index (χ2n) is 7.84. The SMILES string of the molecule is CC1CCC(NC(=O)COC(=O)c2ccc(C[NH+]3CCOCC3)cc2)CC1. The summed E-state index contributed by atoms with van der Waals surface area (Å²) in [5, 5.41) is 2.97. The molecular formula is C21H31N2O4+. The highest BCUT2D eigenvalue weighted by atomic mass is 16.5. The smallest absolute Gasteiger partial charge is 0.338 e. The molecule has 1 aromatic carbocycles. The largest absolute Gasteiger partial charge is 0.452 e. The molecule has 1 amide bonds. The Labute approximate surface area is 161 Å². The third-order valence-corrected chi connectivity index (χ3v) is 5.56. The summed E-state index contributed by atoms with van der Waals surface area (Å²) in [7, 11) is 0. The van der Waals surface area contributed by atoms with Gasteiger partial charge in [0.05, 0.1) is 18.8 Å². The van der Waals surface area contributed by atoms with Gasteiger partial charge in [0.15, 0.2) is 6.61 Å². The van der Waals surface area contributed by atoms with E-state index in [9.17, 15) is 9.59 Å². The topological polar surface area (TPSA) is 69.1 Å². The lowest BCUT2D eigenvalue weighted by Crippen LogP contribution is -3.12. The molecule has 27 heavy (non-hydrogen) atoms. The number of benzene rings is 1. The molecule has 1 saturated heterocycles. The fourth-order valence-corrected chi connectivity index (χ4v) is 3.77. The number of carbonyl (C=O) groups is 2. The van der Waals surface area contributed by atoms with Crippen LogP contribution in [0.5, 0.6) is 0 Å². The molecule has 2 aliphatic rings. The van der Waals surface area contributed by atoms with E-state index in [0.29, 0.717) is 5.56 Å². The first-order valence-electron chi connectivity index (χ1n) is 10.1. The van der Waals surface area contributed by atoms with Crippen LogP contribution < -0.4 is 10.2 Å². The quantitative estimate of drug-likeness (QED) is 0.727. The van der Waals surface area contributed by atoms with E-state index in [1.54, 1.807) is 12.1 Å². The van der Waals surface area contributed by atoms with Crippen LogP contribution in [-0.2, 0) is 20.8 Å². The molecule has 2 fully saturated rings. The number of quaternary nitrogens is 1. The van der Waals surface area contributed by atoms with Crippen molar-refractivity contribution in [1.29, 1.82) is 0 Å². The van der Waals surface area contributed by atoms with E-state index >= 15 is 0 Å². The Morgan fingerprint density at radius 3 is 2.44 bits per heavy atom. The number of ether oxygens (including phenoxy) is 2. The normalized spacial score (nSPS) is 23.6. The molecule has 0 unspecified atom stereocenters. The monoisotopic (exact) mass is 375 g/mol. The van der Waals surface area contributed by atoms with Crippen molar-refractivity contribution in [3.63, 3.8) is 0 Å². The summed E-state index contributed by atoms with van der Waals surface area (Å²) in [5.41, 5.74) is 1.67. The molecular weight excluding hydrogens is 344 g/mol. The van der Waals surface area contributed by atoms with E-state index in [1.165, 1.54) is 10.5 Å². The van der Waals surface area contributed by atoms with Gasteiger partial charge in [0, 0.05) is 11.6 Å². The lowest BCUT2D eigenvalue weighted by molar-refractivity contribution is -0.921. The summed E-state index contributed by atoms with van der Waals surface area (Å²) in [5.74, 6) is 0.0759. The van der Waals surface area contributed by atoms with E-state index < -0.39 is 5.97 Å². The molecule has 0 radical (unpaired) electrons. The first-order valence-corrected chi connectivity index (χ1v) is 10.1. The molecule has 1 aromatic rings. The Hall–Kier alpha value is -1.92. The Kier molecular flexibility index (Phi) is 7.24. The molecule has 2 N–H and O–H groups in total. The van der Waals surface area contributed by atoms with Gasteiger partial charge in [-0.2, -0.15) is 0 Å². The number of esters is 1. The molecule has 1 aliphatic carbocycles. The van der Waals surface area contributed by atoms with Crippen LogP contribution >= 0.6 is 0 Å². The first kappa shape index (κ1) is 19.8. The minimum Gasteiger partial charge on any atom is -0.452 e. The number of hydrogen-bond acceptors (Lipinski definition) is 4. The van der Waals surface area contributed by atoms with Gasteiger partial charge >= 0.3 is 5.97 Å². The van der Waals surface area contributed by atoms with Gasteiger partial charge in [0.1, 0.15) is 19.6 Å². The Morgan fingerprint density at radius 1 is 1.11 bits per heavy atom. The molecule has 3 rings (SSSR count). The van der Waals surface area contributed by atoms with Crippen molar-refractivity contribution in [2.45, 2.75) is 45.2 Å². The third-order valence-electron chi connectivity index (χ3n) is 5.56. The molecule has 0 bridgehead atoms. The van der Waals surface area contributed by atoms with E-state index in [-0.39, 0.29) is 18.6 Å². The van der Waals surface area contributed by atoms with Crippen LogP contribution in [0.25, 0.3) is 0 Å².